The van der Waals surface area contributed by atoms with Crippen molar-refractivity contribution in [2.75, 3.05) is 0 Å². The molecule has 3 nitrogen and oxygen atoms in total. The van der Waals surface area contributed by atoms with Crippen LogP contribution in [0.5, 0.6) is 0 Å². The van der Waals surface area contributed by atoms with Crippen LogP contribution in [0, 0.1) is 0 Å². The number of rotatable bonds is 2. The molecule has 1 saturated heterocycles. The smallest absolute Gasteiger partial charge is 0.400 e. The Balaban J connectivity index is 1.64. The Bertz CT molecular complexity index is 1110. The van der Waals surface area contributed by atoms with Gasteiger partial charge >= 0.3 is 7.12 Å². The molecule has 0 radical (unpaired) electrons. The Kier molecular flexibility index (Phi) is 3.72. The van der Waals surface area contributed by atoms with Gasteiger partial charge in [0.1, 0.15) is 0 Å². The zero-order valence-electron chi connectivity index (χ0n) is 17.2. The molecule has 4 heteroatoms. The van der Waals surface area contributed by atoms with E-state index in [1.807, 2.05) is 0 Å². The first-order valence-electron chi connectivity index (χ1n) is 10.0. The Morgan fingerprint density at radius 1 is 0.964 bits per heavy atom. The van der Waals surface area contributed by atoms with Gasteiger partial charge in [-0.1, -0.05) is 42.5 Å². The number of para-hydroxylation sites is 2. The lowest BCUT2D eigenvalue weighted by Crippen LogP contribution is -2.41. The average Bonchev–Trinajstić information content (AvgIpc) is 3.23. The Morgan fingerprint density at radius 3 is 2.36 bits per heavy atom. The normalized spacial score (nSPS) is 19.9. The highest BCUT2D eigenvalue weighted by Gasteiger charge is 2.51. The summed E-state index contributed by atoms with van der Waals surface area (Å²) in [5, 5.41) is 1.28. The lowest BCUT2D eigenvalue weighted by molar-refractivity contribution is 0.00578. The van der Waals surface area contributed by atoms with E-state index >= 15 is 0 Å². The third-order valence-corrected chi connectivity index (χ3v) is 6.60. The van der Waals surface area contributed by atoms with Gasteiger partial charge in [0.15, 0.2) is 0 Å². The Morgan fingerprint density at radius 2 is 1.61 bits per heavy atom. The molecule has 0 bridgehead atoms. The first kappa shape index (κ1) is 17.8. The number of allylic oxidation sites excluding steroid dienone is 1. The average molecular weight is 371 g/mol. The van der Waals surface area contributed by atoms with Gasteiger partial charge < -0.3 is 13.9 Å². The van der Waals surface area contributed by atoms with Crippen molar-refractivity contribution < 1.29 is 9.31 Å². The van der Waals surface area contributed by atoms with E-state index in [0.717, 1.165) is 11.9 Å². The standard InChI is InChI=1S/C24H26BNO2/c1-16(25-27-23(2,3)24(4,5)28-25)14-19-18-11-7-9-13-21(18)26-20-12-8-6-10-17(20)15-22(19)26/h6-14H,15H2,1-5H3/b16-14+. The molecule has 5 rings (SSSR count). The second-order valence-corrected chi connectivity index (χ2v) is 9.00. The quantitative estimate of drug-likeness (QED) is 0.430. The van der Waals surface area contributed by atoms with Crippen LogP contribution in [0.1, 0.15) is 51.4 Å². The number of nitrogens with zero attached hydrogens (tertiary/aromatic N) is 1. The van der Waals surface area contributed by atoms with Crippen LogP contribution in [-0.2, 0) is 15.7 Å². The van der Waals surface area contributed by atoms with E-state index in [9.17, 15) is 0 Å². The number of fused-ring (bicyclic) bond motifs is 5. The summed E-state index contributed by atoms with van der Waals surface area (Å²) in [6.45, 7) is 10.5. The van der Waals surface area contributed by atoms with Crippen LogP contribution >= 0.6 is 0 Å². The molecule has 0 atom stereocenters. The van der Waals surface area contributed by atoms with Gasteiger partial charge in [-0.25, -0.2) is 0 Å². The van der Waals surface area contributed by atoms with Crippen molar-refractivity contribution in [3.63, 3.8) is 0 Å². The molecule has 1 fully saturated rings. The van der Waals surface area contributed by atoms with E-state index < -0.39 is 0 Å². The van der Waals surface area contributed by atoms with E-state index in [2.05, 4.69) is 93.8 Å². The van der Waals surface area contributed by atoms with Crippen molar-refractivity contribution in [2.24, 2.45) is 0 Å². The summed E-state index contributed by atoms with van der Waals surface area (Å²) in [7, 11) is -0.317. The maximum Gasteiger partial charge on any atom is 0.490 e. The van der Waals surface area contributed by atoms with Crippen molar-refractivity contribution in [3.8, 4) is 5.69 Å². The molecule has 2 aliphatic rings. The second-order valence-electron chi connectivity index (χ2n) is 9.00. The van der Waals surface area contributed by atoms with E-state index in [-0.39, 0.29) is 18.3 Å². The monoisotopic (exact) mass is 371 g/mol. The van der Waals surface area contributed by atoms with Crippen molar-refractivity contribution >= 4 is 24.1 Å². The number of aromatic nitrogens is 1. The molecule has 0 saturated carbocycles. The van der Waals surface area contributed by atoms with Gasteiger partial charge in [0, 0.05) is 28.8 Å². The van der Waals surface area contributed by atoms with Crippen molar-refractivity contribution in [2.45, 2.75) is 52.2 Å². The van der Waals surface area contributed by atoms with Crippen LogP contribution in [0.25, 0.3) is 22.7 Å². The minimum Gasteiger partial charge on any atom is -0.400 e. The molecule has 28 heavy (non-hydrogen) atoms. The van der Waals surface area contributed by atoms with Gasteiger partial charge in [-0.2, -0.15) is 0 Å². The molecule has 0 unspecified atom stereocenters. The van der Waals surface area contributed by atoms with Crippen LogP contribution in [0.2, 0.25) is 0 Å². The molecule has 0 spiro atoms. The first-order valence-corrected chi connectivity index (χ1v) is 10.0. The molecule has 142 valence electrons. The van der Waals surface area contributed by atoms with Gasteiger partial charge in [-0.05, 0) is 57.8 Å². The third-order valence-electron chi connectivity index (χ3n) is 6.60. The fraction of sp³-hybridized carbons (Fsp3) is 0.333. The van der Waals surface area contributed by atoms with E-state index in [1.165, 1.54) is 33.4 Å². The molecule has 0 aliphatic carbocycles. The number of benzene rings is 2. The van der Waals surface area contributed by atoms with E-state index in [0.29, 0.717) is 0 Å². The maximum absolute atomic E-state index is 6.27. The predicted molar refractivity (Wildman–Crippen MR) is 116 cm³/mol. The molecular weight excluding hydrogens is 345 g/mol. The fourth-order valence-corrected chi connectivity index (χ4v) is 4.31. The highest BCUT2D eigenvalue weighted by atomic mass is 16.7. The van der Waals surface area contributed by atoms with Crippen molar-refractivity contribution in [1.82, 2.24) is 4.57 Å². The summed E-state index contributed by atoms with van der Waals surface area (Å²) >= 11 is 0. The Hall–Kier alpha value is -2.30. The number of hydrogen-bond donors (Lipinski definition) is 0. The van der Waals surface area contributed by atoms with Crippen molar-refractivity contribution in [3.05, 3.63) is 70.8 Å². The van der Waals surface area contributed by atoms with Gasteiger partial charge in [-0.3, -0.25) is 0 Å². The number of hydrogen-bond acceptors (Lipinski definition) is 2. The van der Waals surface area contributed by atoms with E-state index in [1.54, 1.807) is 0 Å². The molecule has 1 aromatic heterocycles. The summed E-state index contributed by atoms with van der Waals surface area (Å²) in [5.74, 6) is 0. The predicted octanol–water partition coefficient (Wildman–Crippen LogP) is 5.57. The molecule has 3 heterocycles. The lowest BCUT2D eigenvalue weighted by atomic mass is 9.78. The van der Waals surface area contributed by atoms with Crippen LogP contribution in [0.4, 0.5) is 0 Å². The molecule has 2 aliphatic heterocycles. The summed E-state index contributed by atoms with van der Waals surface area (Å²) < 4.78 is 15.0. The third kappa shape index (κ3) is 2.44. The molecule has 2 aromatic carbocycles. The van der Waals surface area contributed by atoms with Gasteiger partial charge in [0.2, 0.25) is 0 Å². The van der Waals surface area contributed by atoms with Crippen LogP contribution < -0.4 is 0 Å². The topological polar surface area (TPSA) is 23.4 Å². The Labute approximate surface area is 167 Å². The molecule has 0 amide bonds. The van der Waals surface area contributed by atoms with Gasteiger partial charge in [0.25, 0.3) is 0 Å². The summed E-state index contributed by atoms with van der Waals surface area (Å²) in [5.41, 5.74) is 7.01. The minimum absolute atomic E-state index is 0.317. The highest BCUT2D eigenvalue weighted by Crippen LogP contribution is 2.41. The largest absolute Gasteiger partial charge is 0.490 e. The van der Waals surface area contributed by atoms with E-state index in [4.69, 9.17) is 9.31 Å². The lowest BCUT2D eigenvalue weighted by Gasteiger charge is -2.32. The summed E-state index contributed by atoms with van der Waals surface area (Å²) in [6, 6.07) is 17.3. The maximum atomic E-state index is 6.27. The zero-order chi connectivity index (χ0) is 19.7. The van der Waals surface area contributed by atoms with Crippen LogP contribution in [0.15, 0.2) is 54.0 Å². The second kappa shape index (κ2) is 5.85. The highest BCUT2D eigenvalue weighted by molar-refractivity contribution is 6.55. The first-order chi connectivity index (χ1) is 13.3. The van der Waals surface area contributed by atoms with Crippen molar-refractivity contribution in [1.29, 1.82) is 0 Å². The van der Waals surface area contributed by atoms with Crippen LogP contribution in [-0.4, -0.2) is 22.9 Å². The molecular formula is C24H26BNO2. The van der Waals surface area contributed by atoms with Gasteiger partial charge in [0.05, 0.1) is 16.7 Å². The zero-order valence-corrected chi connectivity index (χ0v) is 17.2. The molecule has 3 aromatic rings. The minimum atomic E-state index is -0.326. The summed E-state index contributed by atoms with van der Waals surface area (Å²) in [4.78, 5) is 0. The SMILES string of the molecule is C/C(=C\c1c2n(c3ccccc13)-c1ccccc1C2)B1OC(C)(C)C(C)(C)O1. The fourth-order valence-electron chi connectivity index (χ4n) is 4.31. The van der Waals surface area contributed by atoms with Gasteiger partial charge in [-0.15, -0.1) is 0 Å². The molecule has 0 N–H and O–H groups in total. The van der Waals surface area contributed by atoms with Crippen LogP contribution in [0.3, 0.4) is 0 Å². The summed E-state index contributed by atoms with van der Waals surface area (Å²) in [6.07, 6.45) is 3.22.